The van der Waals surface area contributed by atoms with Gasteiger partial charge in [-0.15, -0.1) is 0 Å². The SMILES string of the molecule is COCCCCn1ccc(CNC2CC2)c1. The second kappa shape index (κ2) is 6.06. The van der Waals surface area contributed by atoms with Crippen LogP contribution in [0, 0.1) is 0 Å². The molecule has 0 bridgehead atoms. The molecule has 0 spiro atoms. The van der Waals surface area contributed by atoms with E-state index >= 15 is 0 Å². The van der Waals surface area contributed by atoms with Crippen LogP contribution in [0.25, 0.3) is 0 Å². The highest BCUT2D eigenvalue weighted by molar-refractivity contribution is 5.10. The molecule has 1 aromatic rings. The van der Waals surface area contributed by atoms with E-state index in [2.05, 4.69) is 28.3 Å². The Morgan fingerprint density at radius 1 is 1.44 bits per heavy atom. The largest absolute Gasteiger partial charge is 0.385 e. The Balaban J connectivity index is 1.64. The molecule has 1 aliphatic carbocycles. The van der Waals surface area contributed by atoms with Gasteiger partial charge in [-0.25, -0.2) is 0 Å². The number of methoxy groups -OCH3 is 1. The summed E-state index contributed by atoms with van der Waals surface area (Å²) >= 11 is 0. The molecule has 1 aromatic heterocycles. The Bertz CT molecular complexity index is 305. The lowest BCUT2D eigenvalue weighted by Crippen LogP contribution is -2.14. The third-order valence-electron chi connectivity index (χ3n) is 3.00. The van der Waals surface area contributed by atoms with E-state index in [0.29, 0.717) is 0 Å². The first-order chi connectivity index (χ1) is 7.88. The van der Waals surface area contributed by atoms with Gasteiger partial charge in [-0.1, -0.05) is 0 Å². The summed E-state index contributed by atoms with van der Waals surface area (Å²) in [5.74, 6) is 0. The van der Waals surface area contributed by atoms with Crippen LogP contribution in [-0.4, -0.2) is 24.3 Å². The van der Waals surface area contributed by atoms with Gasteiger partial charge in [0.2, 0.25) is 0 Å². The van der Waals surface area contributed by atoms with Crippen molar-refractivity contribution in [3.63, 3.8) is 0 Å². The zero-order valence-electron chi connectivity index (χ0n) is 10.1. The fourth-order valence-corrected chi connectivity index (χ4v) is 1.82. The summed E-state index contributed by atoms with van der Waals surface area (Å²) in [5, 5.41) is 3.53. The fourth-order valence-electron chi connectivity index (χ4n) is 1.82. The minimum Gasteiger partial charge on any atom is -0.385 e. The molecule has 0 radical (unpaired) electrons. The summed E-state index contributed by atoms with van der Waals surface area (Å²) in [4.78, 5) is 0. The van der Waals surface area contributed by atoms with Gasteiger partial charge in [0.15, 0.2) is 0 Å². The monoisotopic (exact) mass is 222 g/mol. The molecule has 0 unspecified atom stereocenters. The van der Waals surface area contributed by atoms with Gasteiger partial charge in [0.1, 0.15) is 0 Å². The maximum Gasteiger partial charge on any atom is 0.0462 e. The summed E-state index contributed by atoms with van der Waals surface area (Å²) in [5.41, 5.74) is 1.40. The maximum atomic E-state index is 5.04. The number of rotatable bonds is 8. The van der Waals surface area contributed by atoms with Crippen LogP contribution in [0.15, 0.2) is 18.5 Å². The molecule has 1 heterocycles. The zero-order valence-corrected chi connectivity index (χ0v) is 10.1. The van der Waals surface area contributed by atoms with Crippen molar-refractivity contribution < 1.29 is 4.74 Å². The summed E-state index contributed by atoms with van der Waals surface area (Å²) in [6.45, 7) is 3.00. The Kier molecular flexibility index (Phi) is 4.43. The number of unbranched alkanes of at least 4 members (excludes halogenated alkanes) is 1. The topological polar surface area (TPSA) is 26.2 Å². The van der Waals surface area contributed by atoms with Crippen molar-refractivity contribution in [1.82, 2.24) is 9.88 Å². The van der Waals surface area contributed by atoms with Gasteiger partial charge < -0.3 is 14.6 Å². The molecule has 0 atom stereocenters. The average molecular weight is 222 g/mol. The van der Waals surface area contributed by atoms with E-state index in [4.69, 9.17) is 4.74 Å². The first-order valence-corrected chi connectivity index (χ1v) is 6.25. The van der Waals surface area contributed by atoms with Crippen LogP contribution in [0.4, 0.5) is 0 Å². The second-order valence-corrected chi connectivity index (χ2v) is 4.61. The summed E-state index contributed by atoms with van der Waals surface area (Å²) in [6.07, 6.45) is 9.48. The van der Waals surface area contributed by atoms with E-state index in [9.17, 15) is 0 Å². The molecule has 0 amide bonds. The average Bonchev–Trinajstić information content (AvgIpc) is 3.02. The normalized spacial score (nSPS) is 15.6. The standard InChI is InChI=1S/C13H22N2O/c1-16-9-3-2-7-15-8-6-12(11-15)10-14-13-4-5-13/h6,8,11,13-14H,2-5,7,9-10H2,1H3. The van der Waals surface area contributed by atoms with Crippen LogP contribution in [0.5, 0.6) is 0 Å². The molecule has 1 N–H and O–H groups in total. The highest BCUT2D eigenvalue weighted by atomic mass is 16.5. The van der Waals surface area contributed by atoms with Crippen molar-refractivity contribution in [2.24, 2.45) is 0 Å². The van der Waals surface area contributed by atoms with Gasteiger partial charge in [0, 0.05) is 45.2 Å². The molecular weight excluding hydrogens is 200 g/mol. The number of nitrogens with zero attached hydrogens (tertiary/aromatic N) is 1. The van der Waals surface area contributed by atoms with E-state index in [1.807, 2.05) is 0 Å². The molecule has 0 aromatic carbocycles. The molecule has 3 heteroatoms. The first kappa shape index (κ1) is 11.7. The molecule has 1 aliphatic rings. The minimum absolute atomic E-state index is 0.796. The van der Waals surface area contributed by atoms with Crippen LogP contribution < -0.4 is 5.32 Å². The number of hydrogen-bond acceptors (Lipinski definition) is 2. The van der Waals surface area contributed by atoms with Gasteiger partial charge in [-0.2, -0.15) is 0 Å². The molecule has 0 saturated heterocycles. The van der Waals surface area contributed by atoms with E-state index < -0.39 is 0 Å². The molecule has 3 nitrogen and oxygen atoms in total. The predicted molar refractivity (Wildman–Crippen MR) is 65.4 cm³/mol. The lowest BCUT2D eigenvalue weighted by atomic mass is 10.3. The summed E-state index contributed by atoms with van der Waals surface area (Å²) in [7, 11) is 1.76. The molecular formula is C13H22N2O. The lowest BCUT2D eigenvalue weighted by molar-refractivity contribution is 0.191. The first-order valence-electron chi connectivity index (χ1n) is 6.25. The zero-order chi connectivity index (χ0) is 11.2. The van der Waals surface area contributed by atoms with Crippen molar-refractivity contribution in [3.05, 3.63) is 24.0 Å². The Morgan fingerprint density at radius 2 is 2.31 bits per heavy atom. The van der Waals surface area contributed by atoms with Crippen LogP contribution in [0.2, 0.25) is 0 Å². The Labute approximate surface area is 97.8 Å². The quantitative estimate of drug-likeness (QED) is 0.682. The minimum atomic E-state index is 0.796. The van der Waals surface area contributed by atoms with Crippen LogP contribution in [0.1, 0.15) is 31.2 Å². The Morgan fingerprint density at radius 3 is 3.06 bits per heavy atom. The van der Waals surface area contributed by atoms with Crippen LogP contribution in [-0.2, 0) is 17.8 Å². The van der Waals surface area contributed by atoms with Gasteiger partial charge in [-0.05, 0) is 37.3 Å². The van der Waals surface area contributed by atoms with E-state index in [1.54, 1.807) is 7.11 Å². The van der Waals surface area contributed by atoms with Crippen LogP contribution >= 0.6 is 0 Å². The molecule has 90 valence electrons. The van der Waals surface area contributed by atoms with Gasteiger partial charge in [-0.3, -0.25) is 0 Å². The van der Waals surface area contributed by atoms with Crippen molar-refractivity contribution >= 4 is 0 Å². The van der Waals surface area contributed by atoms with Crippen molar-refractivity contribution in [2.75, 3.05) is 13.7 Å². The fraction of sp³-hybridized carbons (Fsp3) is 0.692. The molecule has 16 heavy (non-hydrogen) atoms. The van der Waals surface area contributed by atoms with Crippen molar-refractivity contribution in [2.45, 2.75) is 44.8 Å². The number of nitrogens with one attached hydrogen (secondary N) is 1. The van der Waals surface area contributed by atoms with E-state index in [-0.39, 0.29) is 0 Å². The van der Waals surface area contributed by atoms with E-state index in [0.717, 1.165) is 32.2 Å². The molecule has 1 saturated carbocycles. The number of hydrogen-bond donors (Lipinski definition) is 1. The van der Waals surface area contributed by atoms with E-state index in [1.165, 1.54) is 24.8 Å². The highest BCUT2D eigenvalue weighted by Crippen LogP contribution is 2.19. The highest BCUT2D eigenvalue weighted by Gasteiger charge is 2.19. The van der Waals surface area contributed by atoms with Crippen molar-refractivity contribution in [3.8, 4) is 0 Å². The van der Waals surface area contributed by atoms with Crippen LogP contribution in [0.3, 0.4) is 0 Å². The number of aryl methyl sites for hydroxylation is 1. The number of aromatic nitrogens is 1. The lowest BCUT2D eigenvalue weighted by Gasteiger charge is -2.02. The van der Waals surface area contributed by atoms with Gasteiger partial charge in [0.25, 0.3) is 0 Å². The van der Waals surface area contributed by atoms with Crippen molar-refractivity contribution in [1.29, 1.82) is 0 Å². The molecule has 1 fully saturated rings. The molecule has 2 rings (SSSR count). The second-order valence-electron chi connectivity index (χ2n) is 4.61. The maximum absolute atomic E-state index is 5.04. The predicted octanol–water partition coefficient (Wildman–Crippen LogP) is 2.17. The third-order valence-corrected chi connectivity index (χ3v) is 3.00. The van der Waals surface area contributed by atoms with Gasteiger partial charge in [0.05, 0.1) is 0 Å². The Hall–Kier alpha value is -0.800. The molecule has 0 aliphatic heterocycles. The van der Waals surface area contributed by atoms with Gasteiger partial charge >= 0.3 is 0 Å². The summed E-state index contributed by atoms with van der Waals surface area (Å²) < 4.78 is 7.31. The summed E-state index contributed by atoms with van der Waals surface area (Å²) in [6, 6.07) is 3.01. The third kappa shape index (κ3) is 3.99. The number of ether oxygens (including phenoxy) is 1. The smallest absolute Gasteiger partial charge is 0.0462 e.